The van der Waals surface area contributed by atoms with E-state index in [1.54, 1.807) is 19.3 Å². The van der Waals surface area contributed by atoms with Gasteiger partial charge < -0.3 is 9.26 Å². The Kier molecular flexibility index (Phi) is 4.19. The fourth-order valence-corrected chi connectivity index (χ4v) is 2.09. The van der Waals surface area contributed by atoms with Crippen LogP contribution in [0.3, 0.4) is 0 Å². The quantitative estimate of drug-likeness (QED) is 0.625. The Labute approximate surface area is 123 Å². The smallest absolute Gasteiger partial charge is 0.338 e. The summed E-state index contributed by atoms with van der Waals surface area (Å²) in [6.45, 7) is 1.53. The Morgan fingerprint density at radius 2 is 2.20 bits per heavy atom. The van der Waals surface area contributed by atoms with E-state index in [1.807, 2.05) is 12.1 Å². The number of nitrogens with zero attached hydrogens (tertiary/aromatic N) is 2. The van der Waals surface area contributed by atoms with Crippen molar-refractivity contribution in [2.24, 2.45) is 0 Å². The van der Waals surface area contributed by atoms with Crippen LogP contribution >= 0.6 is 15.9 Å². The number of benzene rings is 1. The molecule has 0 unspecified atom stereocenters. The summed E-state index contributed by atoms with van der Waals surface area (Å²) in [4.78, 5) is 10.4. The lowest BCUT2D eigenvalue weighted by Gasteiger charge is -2.04. The third kappa shape index (κ3) is 2.88. The third-order valence-electron chi connectivity index (χ3n) is 2.65. The molecule has 1 aromatic carbocycles. The zero-order valence-electron chi connectivity index (χ0n) is 10.8. The van der Waals surface area contributed by atoms with Crippen molar-refractivity contribution in [3.8, 4) is 5.75 Å². The molecule has 0 aliphatic carbocycles. The van der Waals surface area contributed by atoms with E-state index in [0.717, 1.165) is 10.0 Å². The summed E-state index contributed by atoms with van der Waals surface area (Å²) in [5.41, 5.74) is 0.885. The van der Waals surface area contributed by atoms with E-state index in [4.69, 9.17) is 9.26 Å². The van der Waals surface area contributed by atoms with Gasteiger partial charge >= 0.3 is 5.69 Å². The van der Waals surface area contributed by atoms with Crippen LogP contribution in [0.1, 0.15) is 17.0 Å². The maximum atomic E-state index is 10.9. The van der Waals surface area contributed by atoms with Crippen LogP contribution in [0.15, 0.2) is 27.2 Å². The first-order valence-corrected chi connectivity index (χ1v) is 6.44. The van der Waals surface area contributed by atoms with Crippen molar-refractivity contribution in [3.05, 3.63) is 49.8 Å². The van der Waals surface area contributed by atoms with Crippen molar-refractivity contribution in [3.63, 3.8) is 0 Å². The molecule has 0 saturated heterocycles. The van der Waals surface area contributed by atoms with Crippen molar-refractivity contribution in [2.75, 3.05) is 7.11 Å². The molecular weight excluding hydrogens is 328 g/mol. The topological polar surface area (TPSA) is 78.4 Å². The van der Waals surface area contributed by atoms with Gasteiger partial charge in [0.1, 0.15) is 5.75 Å². The number of hydrogen-bond acceptors (Lipinski definition) is 5. The maximum Gasteiger partial charge on any atom is 0.338 e. The van der Waals surface area contributed by atoms with Crippen molar-refractivity contribution < 1.29 is 14.2 Å². The highest BCUT2D eigenvalue weighted by Crippen LogP contribution is 2.28. The molecule has 0 saturated carbocycles. The molecule has 0 fully saturated rings. The van der Waals surface area contributed by atoms with Gasteiger partial charge in [-0.2, -0.15) is 0 Å². The summed E-state index contributed by atoms with van der Waals surface area (Å²) >= 11 is 3.36. The van der Waals surface area contributed by atoms with Crippen LogP contribution in [-0.2, 0) is 0 Å². The Balaban J connectivity index is 2.39. The van der Waals surface area contributed by atoms with Crippen LogP contribution in [0.4, 0.5) is 5.69 Å². The van der Waals surface area contributed by atoms with E-state index in [2.05, 4.69) is 21.1 Å². The van der Waals surface area contributed by atoms with E-state index >= 15 is 0 Å². The van der Waals surface area contributed by atoms with Gasteiger partial charge in [0.25, 0.3) is 0 Å². The van der Waals surface area contributed by atoms with Gasteiger partial charge in [-0.25, -0.2) is 0 Å². The molecule has 104 valence electrons. The number of aryl methyl sites for hydroxylation is 1. The van der Waals surface area contributed by atoms with Crippen LogP contribution in [0.5, 0.6) is 5.75 Å². The predicted octanol–water partition coefficient (Wildman–Crippen LogP) is 3.83. The molecule has 20 heavy (non-hydrogen) atoms. The molecule has 0 radical (unpaired) electrons. The summed E-state index contributed by atoms with van der Waals surface area (Å²) in [5.74, 6) is 0.762. The van der Waals surface area contributed by atoms with Crippen molar-refractivity contribution in [1.29, 1.82) is 0 Å². The van der Waals surface area contributed by atoms with Gasteiger partial charge in [-0.3, -0.25) is 10.1 Å². The fraction of sp³-hybridized carbons (Fsp3) is 0.154. The minimum Gasteiger partial charge on any atom is -0.496 e. The molecule has 0 atom stereocenters. The summed E-state index contributed by atoms with van der Waals surface area (Å²) < 4.78 is 11.0. The molecule has 0 aliphatic rings. The van der Waals surface area contributed by atoms with E-state index in [0.29, 0.717) is 5.75 Å². The average Bonchev–Trinajstić information content (AvgIpc) is 2.77. The molecule has 2 aromatic rings. The van der Waals surface area contributed by atoms with E-state index < -0.39 is 4.92 Å². The van der Waals surface area contributed by atoms with Gasteiger partial charge in [-0.15, -0.1) is 0 Å². The Morgan fingerprint density at radius 3 is 2.85 bits per heavy atom. The first kappa shape index (κ1) is 14.3. The molecule has 0 amide bonds. The fourth-order valence-electron chi connectivity index (χ4n) is 1.71. The minimum atomic E-state index is -0.510. The molecule has 1 heterocycles. The normalized spacial score (nSPS) is 10.9. The van der Waals surface area contributed by atoms with E-state index in [9.17, 15) is 10.1 Å². The van der Waals surface area contributed by atoms with E-state index in [-0.39, 0.29) is 17.1 Å². The lowest BCUT2D eigenvalue weighted by atomic mass is 10.1. The SMILES string of the molecule is COc1ccc(Br)cc1/C=C\c1onc(C)c1[N+](=O)[O-]. The zero-order valence-corrected chi connectivity index (χ0v) is 12.4. The van der Waals surface area contributed by atoms with E-state index in [1.165, 1.54) is 13.0 Å². The lowest BCUT2D eigenvalue weighted by Crippen LogP contribution is -1.90. The second kappa shape index (κ2) is 5.87. The third-order valence-corrected chi connectivity index (χ3v) is 3.14. The predicted molar refractivity (Wildman–Crippen MR) is 77.5 cm³/mol. The first-order chi connectivity index (χ1) is 9.52. The van der Waals surface area contributed by atoms with Crippen molar-refractivity contribution in [2.45, 2.75) is 6.92 Å². The van der Waals surface area contributed by atoms with Gasteiger partial charge in [0.2, 0.25) is 5.76 Å². The molecule has 0 spiro atoms. The summed E-state index contributed by atoms with van der Waals surface area (Å²) in [5, 5.41) is 14.5. The number of ether oxygens (including phenoxy) is 1. The number of hydrogen-bond donors (Lipinski definition) is 0. The van der Waals surface area contributed by atoms with Crippen LogP contribution in [0, 0.1) is 17.0 Å². The maximum absolute atomic E-state index is 10.9. The number of aromatic nitrogens is 1. The van der Waals surface area contributed by atoms with Crippen LogP contribution in [0.25, 0.3) is 12.2 Å². The van der Waals surface area contributed by atoms with Gasteiger partial charge in [-0.05, 0) is 37.3 Å². The largest absolute Gasteiger partial charge is 0.496 e. The minimum absolute atomic E-state index is 0.106. The van der Waals surface area contributed by atoms with Crippen molar-refractivity contribution in [1.82, 2.24) is 5.16 Å². The van der Waals surface area contributed by atoms with Crippen LogP contribution in [0.2, 0.25) is 0 Å². The van der Waals surface area contributed by atoms with Gasteiger partial charge in [-0.1, -0.05) is 21.1 Å². The molecule has 2 rings (SSSR count). The highest BCUT2D eigenvalue weighted by atomic mass is 79.9. The lowest BCUT2D eigenvalue weighted by molar-refractivity contribution is -0.386. The van der Waals surface area contributed by atoms with Gasteiger partial charge in [0, 0.05) is 10.0 Å². The highest BCUT2D eigenvalue weighted by Gasteiger charge is 2.21. The second-order valence-electron chi connectivity index (χ2n) is 3.96. The first-order valence-electron chi connectivity index (χ1n) is 5.65. The molecule has 1 aromatic heterocycles. The Morgan fingerprint density at radius 1 is 1.45 bits per heavy atom. The summed E-state index contributed by atoms with van der Waals surface area (Å²) in [7, 11) is 1.56. The Bertz CT molecular complexity index is 679. The molecule has 0 N–H and O–H groups in total. The summed E-state index contributed by atoms with van der Waals surface area (Å²) in [6, 6.07) is 5.48. The molecule has 6 nitrogen and oxygen atoms in total. The molecule has 0 aliphatic heterocycles. The molecule has 7 heteroatoms. The van der Waals surface area contributed by atoms with Gasteiger partial charge in [0.15, 0.2) is 5.69 Å². The second-order valence-corrected chi connectivity index (χ2v) is 4.87. The average molecular weight is 339 g/mol. The highest BCUT2D eigenvalue weighted by molar-refractivity contribution is 9.10. The standard InChI is InChI=1S/C13H11BrN2O4/c1-8-13(16(17)18)12(20-15-8)5-3-9-7-10(14)4-6-11(9)19-2/h3-7H,1-2H3/b5-3-. The molecular formula is C13H11BrN2O4. The zero-order chi connectivity index (χ0) is 14.7. The van der Waals surface area contributed by atoms with Crippen LogP contribution in [-0.4, -0.2) is 17.2 Å². The number of nitro groups is 1. The van der Waals surface area contributed by atoms with Crippen LogP contribution < -0.4 is 4.74 Å². The number of rotatable bonds is 4. The summed E-state index contributed by atoms with van der Waals surface area (Å²) in [6.07, 6.45) is 3.18. The number of halogens is 1. The van der Waals surface area contributed by atoms with Crippen molar-refractivity contribution >= 4 is 33.8 Å². The number of methoxy groups -OCH3 is 1. The van der Waals surface area contributed by atoms with Gasteiger partial charge in [0.05, 0.1) is 12.0 Å². The monoisotopic (exact) mass is 338 g/mol. The molecule has 0 bridgehead atoms. The Hall–Kier alpha value is -2.15.